The number of piperidine rings is 1. The predicted octanol–water partition coefficient (Wildman–Crippen LogP) is 4.56. The van der Waals surface area contributed by atoms with Gasteiger partial charge in [-0.05, 0) is 55.0 Å². The average Bonchev–Trinajstić information content (AvgIpc) is 3.56. The summed E-state index contributed by atoms with van der Waals surface area (Å²) in [7, 11) is 0. The first-order valence-electron chi connectivity index (χ1n) is 15.4. The van der Waals surface area contributed by atoms with Crippen LogP contribution in [-0.2, 0) is 17.8 Å². The smallest absolute Gasteiger partial charge is 0.322 e. The summed E-state index contributed by atoms with van der Waals surface area (Å²) in [6.45, 7) is 4.77. The topological polar surface area (TPSA) is 88.2 Å². The highest BCUT2D eigenvalue weighted by atomic mass is 35.5. The molecule has 5 amide bonds. The molecule has 1 saturated carbocycles. The molecule has 6 rings (SSSR count). The van der Waals surface area contributed by atoms with Crippen molar-refractivity contribution in [2.45, 2.75) is 69.6 Å². The average molecular weight is 593 g/mol. The number of halogens is 1. The van der Waals surface area contributed by atoms with Gasteiger partial charge in [0.2, 0.25) is 5.91 Å². The number of hydrogen-bond acceptors (Lipinski definition) is 4. The van der Waals surface area contributed by atoms with Crippen molar-refractivity contribution in [3.05, 3.63) is 64.7 Å². The number of amides is 5. The number of urea groups is 2. The van der Waals surface area contributed by atoms with E-state index in [9.17, 15) is 14.4 Å². The van der Waals surface area contributed by atoms with Gasteiger partial charge < -0.3 is 25.3 Å². The molecule has 0 bridgehead atoms. The molecular weight excluding hydrogens is 552 g/mol. The van der Waals surface area contributed by atoms with Crippen LogP contribution in [0.1, 0.15) is 49.7 Å². The van der Waals surface area contributed by atoms with E-state index in [1.54, 1.807) is 4.90 Å². The van der Waals surface area contributed by atoms with Crippen molar-refractivity contribution in [2.75, 3.05) is 44.6 Å². The van der Waals surface area contributed by atoms with Crippen LogP contribution in [0.5, 0.6) is 0 Å². The van der Waals surface area contributed by atoms with Crippen LogP contribution in [-0.4, -0.2) is 95.0 Å². The zero-order valence-corrected chi connectivity index (χ0v) is 24.9. The van der Waals surface area contributed by atoms with E-state index < -0.39 is 6.04 Å². The molecular formula is C32H41ClN6O3. The molecule has 4 aliphatic rings. The number of rotatable bonds is 6. The maximum absolute atomic E-state index is 13.8. The first-order valence-corrected chi connectivity index (χ1v) is 15.8. The van der Waals surface area contributed by atoms with Crippen LogP contribution in [0.2, 0.25) is 5.02 Å². The summed E-state index contributed by atoms with van der Waals surface area (Å²) >= 11 is 6.25. The molecule has 10 heteroatoms. The number of benzene rings is 2. The van der Waals surface area contributed by atoms with Gasteiger partial charge >= 0.3 is 12.1 Å². The van der Waals surface area contributed by atoms with Gasteiger partial charge in [-0.1, -0.05) is 54.8 Å². The normalized spacial score (nSPS) is 21.2. The number of carbonyl (C=O) groups excluding carboxylic acids is 3. The van der Waals surface area contributed by atoms with Crippen molar-refractivity contribution in [2.24, 2.45) is 0 Å². The fourth-order valence-corrected chi connectivity index (χ4v) is 7.25. The van der Waals surface area contributed by atoms with Crippen molar-refractivity contribution >= 4 is 35.3 Å². The lowest BCUT2D eigenvalue weighted by atomic mass is 10.0. The second kappa shape index (κ2) is 12.9. The Labute approximate surface area is 253 Å². The van der Waals surface area contributed by atoms with Gasteiger partial charge in [0.15, 0.2) is 0 Å². The fourth-order valence-electron chi connectivity index (χ4n) is 7.04. The van der Waals surface area contributed by atoms with Gasteiger partial charge in [-0.2, -0.15) is 0 Å². The van der Waals surface area contributed by atoms with E-state index in [-0.39, 0.29) is 24.0 Å². The molecule has 0 spiro atoms. The van der Waals surface area contributed by atoms with E-state index in [1.807, 2.05) is 58.3 Å². The van der Waals surface area contributed by atoms with E-state index in [0.717, 1.165) is 29.9 Å². The summed E-state index contributed by atoms with van der Waals surface area (Å²) in [4.78, 5) is 48.2. The lowest BCUT2D eigenvalue weighted by Gasteiger charge is -2.41. The molecule has 1 unspecified atom stereocenters. The van der Waals surface area contributed by atoms with Crippen molar-refractivity contribution in [1.82, 2.24) is 24.9 Å². The number of fused-ring (bicyclic) bond motifs is 1. The van der Waals surface area contributed by atoms with Gasteiger partial charge in [0, 0.05) is 75.0 Å². The highest BCUT2D eigenvalue weighted by Gasteiger charge is 2.35. The van der Waals surface area contributed by atoms with Crippen LogP contribution >= 0.6 is 11.6 Å². The number of nitrogens with zero attached hydrogens (tertiary/aromatic N) is 4. The number of carbonyl (C=O) groups is 3. The van der Waals surface area contributed by atoms with Crippen LogP contribution in [0.4, 0.5) is 15.3 Å². The third-order valence-corrected chi connectivity index (χ3v) is 9.68. The van der Waals surface area contributed by atoms with Gasteiger partial charge in [0.05, 0.1) is 0 Å². The number of nitrogens with one attached hydrogen (secondary N) is 2. The van der Waals surface area contributed by atoms with E-state index in [4.69, 9.17) is 11.6 Å². The number of anilines is 1. The van der Waals surface area contributed by atoms with Gasteiger partial charge in [0.1, 0.15) is 6.04 Å². The van der Waals surface area contributed by atoms with Gasteiger partial charge in [-0.15, -0.1) is 0 Å². The number of hydrogen-bond donors (Lipinski definition) is 2. The third kappa shape index (κ3) is 6.52. The maximum Gasteiger partial charge on any atom is 0.322 e. The second-order valence-corrected chi connectivity index (χ2v) is 12.5. The van der Waals surface area contributed by atoms with Crippen LogP contribution in [0.25, 0.3) is 0 Å². The quantitative estimate of drug-likeness (QED) is 0.515. The molecule has 0 radical (unpaired) electrons. The Morgan fingerprint density at radius 3 is 2.36 bits per heavy atom. The third-order valence-electron chi connectivity index (χ3n) is 9.44. The lowest BCUT2D eigenvalue weighted by Crippen LogP contribution is -2.59. The Morgan fingerprint density at radius 1 is 0.881 bits per heavy atom. The molecule has 3 heterocycles. The summed E-state index contributed by atoms with van der Waals surface area (Å²) in [5.41, 5.74) is 2.88. The van der Waals surface area contributed by atoms with Crippen LogP contribution in [0, 0.1) is 0 Å². The molecule has 42 heavy (non-hydrogen) atoms. The van der Waals surface area contributed by atoms with E-state index in [2.05, 4.69) is 15.5 Å². The minimum atomic E-state index is -0.670. The Kier molecular flexibility index (Phi) is 8.86. The summed E-state index contributed by atoms with van der Waals surface area (Å²) in [6.07, 6.45) is 6.89. The zero-order chi connectivity index (χ0) is 29.1. The Morgan fingerprint density at radius 2 is 1.62 bits per heavy atom. The maximum atomic E-state index is 13.8. The van der Waals surface area contributed by atoms with Crippen LogP contribution in [0.15, 0.2) is 48.5 Å². The van der Waals surface area contributed by atoms with Crippen molar-refractivity contribution in [1.29, 1.82) is 0 Å². The van der Waals surface area contributed by atoms with Crippen molar-refractivity contribution in [3.63, 3.8) is 0 Å². The van der Waals surface area contributed by atoms with Gasteiger partial charge in [0.25, 0.3) is 0 Å². The van der Waals surface area contributed by atoms with Crippen LogP contribution < -0.4 is 10.6 Å². The standard InChI is InChI=1S/C32H41ClN6O3/c33-25-8-5-6-23(20-25)21-29(30(40)37-18-16-36(17-19-37)26-9-2-3-10-26)35-31(41)38-14-12-27(13-15-38)39-22-24-7-1-4-11-28(24)34-32(39)42/h1,4-8,11,20,26-27,29H,2-3,9-10,12-19,21-22H2,(H,34,42)(H,35,41). The number of likely N-dealkylation sites (tertiary alicyclic amines) is 1. The minimum Gasteiger partial charge on any atom is -0.338 e. The van der Waals surface area contributed by atoms with Crippen molar-refractivity contribution < 1.29 is 14.4 Å². The summed E-state index contributed by atoms with van der Waals surface area (Å²) in [6, 6.07) is 15.1. The first kappa shape index (κ1) is 28.8. The fraction of sp³-hybridized carbons (Fsp3) is 0.531. The van der Waals surface area contributed by atoms with E-state index >= 15 is 0 Å². The van der Waals surface area contributed by atoms with Gasteiger partial charge in [-0.25, -0.2) is 9.59 Å². The summed E-state index contributed by atoms with van der Waals surface area (Å²) < 4.78 is 0. The lowest BCUT2D eigenvalue weighted by molar-refractivity contribution is -0.135. The monoisotopic (exact) mass is 592 g/mol. The molecule has 3 fully saturated rings. The molecule has 3 aliphatic heterocycles. The van der Waals surface area contributed by atoms with E-state index in [0.29, 0.717) is 63.1 Å². The Bertz CT molecular complexity index is 1280. The molecule has 0 aromatic heterocycles. The first-order chi connectivity index (χ1) is 20.4. The van der Waals surface area contributed by atoms with Gasteiger partial charge in [-0.3, -0.25) is 9.69 Å². The van der Waals surface area contributed by atoms with E-state index in [1.165, 1.54) is 25.7 Å². The molecule has 2 saturated heterocycles. The molecule has 1 aliphatic carbocycles. The Balaban J connectivity index is 1.07. The second-order valence-electron chi connectivity index (χ2n) is 12.1. The Hall–Kier alpha value is -3.30. The SMILES string of the molecule is O=C(NC(Cc1cccc(Cl)c1)C(=O)N1CCN(C2CCCC2)CC1)N1CCC(N2Cc3ccccc3NC2=O)CC1. The highest BCUT2D eigenvalue weighted by Crippen LogP contribution is 2.28. The number of piperazine rings is 1. The highest BCUT2D eigenvalue weighted by molar-refractivity contribution is 6.30. The molecule has 1 atom stereocenters. The molecule has 224 valence electrons. The number of para-hydroxylation sites is 1. The molecule has 9 nitrogen and oxygen atoms in total. The predicted molar refractivity (Wildman–Crippen MR) is 163 cm³/mol. The zero-order valence-electron chi connectivity index (χ0n) is 24.1. The molecule has 2 aromatic rings. The summed E-state index contributed by atoms with van der Waals surface area (Å²) in [5, 5.41) is 6.69. The molecule has 2 N–H and O–H groups in total. The van der Waals surface area contributed by atoms with Crippen molar-refractivity contribution in [3.8, 4) is 0 Å². The minimum absolute atomic E-state index is 0.0343. The summed E-state index contributed by atoms with van der Waals surface area (Å²) in [5.74, 6) is -0.0343. The largest absolute Gasteiger partial charge is 0.338 e. The van der Waals surface area contributed by atoms with Crippen LogP contribution in [0.3, 0.4) is 0 Å². The molecule has 2 aromatic carbocycles.